The molecule has 0 bridgehead atoms. The van der Waals surface area contributed by atoms with Crippen LogP contribution in [0.15, 0.2) is 0 Å². The van der Waals surface area contributed by atoms with Crippen LogP contribution in [0.2, 0.25) is 0 Å². The molecule has 0 aromatic carbocycles. The summed E-state index contributed by atoms with van der Waals surface area (Å²) < 4.78 is 10.7. The lowest BCUT2D eigenvalue weighted by molar-refractivity contribution is -0.161. The van der Waals surface area contributed by atoms with Gasteiger partial charge in [-0.15, -0.1) is 0 Å². The number of carbonyl (C=O) groups excluding carboxylic acids is 2. The summed E-state index contributed by atoms with van der Waals surface area (Å²) in [6.07, 6.45) is 47.5. The quantitative estimate of drug-likeness (QED) is 0.0505. The maximum Gasteiger partial charge on any atom is 0.306 e. The average Bonchev–Trinajstić information content (AvgIpc) is 3.12. The van der Waals surface area contributed by atoms with Crippen LogP contribution in [0.25, 0.3) is 0 Å². The maximum absolute atomic E-state index is 12.2. The van der Waals surface area contributed by atoms with E-state index < -0.39 is 6.10 Å². The number of esters is 2. The Kier molecular flexibility index (Phi) is 41.4. The first-order chi connectivity index (χ1) is 24.6. The highest BCUT2D eigenvalue weighted by Crippen LogP contribution is 2.17. The van der Waals surface area contributed by atoms with E-state index in [1.807, 2.05) is 0 Å². The standard InChI is InChI=1S/C45H88O5/c1-3-5-7-9-11-13-15-17-19-21-22-24-25-27-29-31-33-35-37-39-44(47)49-42-43(41-46)50-45(48)40-38-36-34-32-30-28-26-23-20-18-16-14-12-10-8-6-4-2/h43,46H,3-42H2,1-2H3/t43-/m0/s1. The summed E-state index contributed by atoms with van der Waals surface area (Å²) in [6, 6.07) is 0. The summed E-state index contributed by atoms with van der Waals surface area (Å²) in [6.45, 7) is 4.18. The van der Waals surface area contributed by atoms with E-state index in [0.717, 1.165) is 32.1 Å². The van der Waals surface area contributed by atoms with Crippen LogP contribution in [0.4, 0.5) is 0 Å². The molecule has 0 aromatic heterocycles. The smallest absolute Gasteiger partial charge is 0.306 e. The van der Waals surface area contributed by atoms with Gasteiger partial charge in [0.25, 0.3) is 0 Å². The van der Waals surface area contributed by atoms with E-state index in [9.17, 15) is 14.7 Å². The van der Waals surface area contributed by atoms with Crippen molar-refractivity contribution >= 4 is 11.9 Å². The third-order valence-corrected chi connectivity index (χ3v) is 10.4. The van der Waals surface area contributed by atoms with E-state index >= 15 is 0 Å². The monoisotopic (exact) mass is 709 g/mol. The summed E-state index contributed by atoms with van der Waals surface area (Å²) in [7, 11) is 0. The van der Waals surface area contributed by atoms with E-state index in [4.69, 9.17) is 9.47 Å². The van der Waals surface area contributed by atoms with E-state index in [0.29, 0.717) is 12.8 Å². The van der Waals surface area contributed by atoms with E-state index in [1.54, 1.807) is 0 Å². The molecule has 50 heavy (non-hydrogen) atoms. The van der Waals surface area contributed by atoms with Gasteiger partial charge in [-0.25, -0.2) is 0 Å². The molecule has 298 valence electrons. The van der Waals surface area contributed by atoms with Crippen LogP contribution in [0.3, 0.4) is 0 Å². The first kappa shape index (κ1) is 48.9. The number of carbonyl (C=O) groups is 2. The zero-order chi connectivity index (χ0) is 36.4. The number of aliphatic hydroxyl groups is 1. The lowest BCUT2D eigenvalue weighted by Crippen LogP contribution is -2.28. The fourth-order valence-corrected chi connectivity index (χ4v) is 6.97. The van der Waals surface area contributed by atoms with Gasteiger partial charge in [0, 0.05) is 12.8 Å². The molecule has 5 heteroatoms. The third kappa shape index (κ3) is 39.7. The molecule has 0 unspecified atom stereocenters. The molecular formula is C45H88O5. The highest BCUT2D eigenvalue weighted by atomic mass is 16.6. The molecule has 0 radical (unpaired) electrons. The third-order valence-electron chi connectivity index (χ3n) is 10.4. The zero-order valence-electron chi connectivity index (χ0n) is 33.9. The molecule has 0 aliphatic heterocycles. The first-order valence-electron chi connectivity index (χ1n) is 22.6. The van der Waals surface area contributed by atoms with Crippen LogP contribution in [0.5, 0.6) is 0 Å². The van der Waals surface area contributed by atoms with Crippen molar-refractivity contribution in [2.24, 2.45) is 0 Å². The van der Waals surface area contributed by atoms with Gasteiger partial charge in [0.1, 0.15) is 6.61 Å². The Morgan fingerprint density at radius 2 is 0.620 bits per heavy atom. The second kappa shape index (κ2) is 42.3. The number of hydrogen-bond acceptors (Lipinski definition) is 5. The molecule has 5 nitrogen and oxygen atoms in total. The summed E-state index contributed by atoms with van der Waals surface area (Å²) >= 11 is 0. The predicted octanol–water partition coefficient (Wildman–Crippen LogP) is 14.3. The van der Waals surface area contributed by atoms with Gasteiger partial charge in [0.05, 0.1) is 6.61 Å². The van der Waals surface area contributed by atoms with Crippen LogP contribution in [0.1, 0.15) is 258 Å². The molecule has 0 aliphatic rings. The Labute approximate surface area is 312 Å². The Morgan fingerprint density at radius 1 is 0.380 bits per heavy atom. The van der Waals surface area contributed by atoms with E-state index in [-0.39, 0.29) is 25.2 Å². The van der Waals surface area contributed by atoms with Crippen molar-refractivity contribution in [1.29, 1.82) is 0 Å². The fourth-order valence-electron chi connectivity index (χ4n) is 6.97. The van der Waals surface area contributed by atoms with E-state index in [2.05, 4.69) is 13.8 Å². The summed E-state index contributed by atoms with van der Waals surface area (Å²) in [5, 5.41) is 9.58. The fraction of sp³-hybridized carbons (Fsp3) is 0.956. The van der Waals surface area contributed by atoms with Crippen molar-refractivity contribution in [3.63, 3.8) is 0 Å². The Balaban J connectivity index is 3.45. The minimum atomic E-state index is -0.762. The van der Waals surface area contributed by atoms with Gasteiger partial charge in [-0.3, -0.25) is 9.59 Å². The van der Waals surface area contributed by atoms with Gasteiger partial charge in [-0.1, -0.05) is 232 Å². The van der Waals surface area contributed by atoms with E-state index in [1.165, 1.54) is 199 Å². The zero-order valence-corrected chi connectivity index (χ0v) is 33.9. The molecule has 0 heterocycles. The molecule has 1 N–H and O–H groups in total. The van der Waals surface area contributed by atoms with Crippen molar-refractivity contribution in [3.8, 4) is 0 Å². The number of hydrogen-bond donors (Lipinski definition) is 1. The van der Waals surface area contributed by atoms with Gasteiger partial charge in [0.2, 0.25) is 0 Å². The second-order valence-corrected chi connectivity index (χ2v) is 15.5. The SMILES string of the molecule is CCCCCCCCCCCCCCCCCCCCCC(=O)OC[C@H](CO)OC(=O)CCCCCCCCCCCCCCCCCCC. The highest BCUT2D eigenvalue weighted by molar-refractivity contribution is 5.70. The molecule has 0 saturated heterocycles. The average molecular weight is 709 g/mol. The summed E-state index contributed by atoms with van der Waals surface area (Å²) in [4.78, 5) is 24.3. The largest absolute Gasteiger partial charge is 0.462 e. The molecule has 0 rings (SSSR count). The van der Waals surface area contributed by atoms with Crippen LogP contribution in [0, 0.1) is 0 Å². The maximum atomic E-state index is 12.2. The molecule has 0 aromatic rings. The van der Waals surface area contributed by atoms with Crippen molar-refractivity contribution in [1.82, 2.24) is 0 Å². The van der Waals surface area contributed by atoms with Crippen molar-refractivity contribution in [2.75, 3.05) is 13.2 Å². The molecular weight excluding hydrogens is 620 g/mol. The predicted molar refractivity (Wildman–Crippen MR) is 215 cm³/mol. The number of unbranched alkanes of at least 4 members (excludes halogenated alkanes) is 34. The van der Waals surface area contributed by atoms with Gasteiger partial charge < -0.3 is 14.6 Å². The van der Waals surface area contributed by atoms with Gasteiger partial charge in [-0.2, -0.15) is 0 Å². The first-order valence-corrected chi connectivity index (χ1v) is 22.6. The summed E-state index contributed by atoms with van der Waals surface area (Å²) in [5.74, 6) is -0.570. The highest BCUT2D eigenvalue weighted by Gasteiger charge is 2.16. The van der Waals surface area contributed by atoms with Crippen molar-refractivity contribution in [2.45, 2.75) is 264 Å². The van der Waals surface area contributed by atoms with Gasteiger partial charge in [-0.05, 0) is 12.8 Å². The Bertz CT molecular complexity index is 680. The van der Waals surface area contributed by atoms with Crippen LogP contribution >= 0.6 is 0 Å². The van der Waals surface area contributed by atoms with Crippen LogP contribution in [-0.2, 0) is 19.1 Å². The molecule has 0 saturated carbocycles. The van der Waals surface area contributed by atoms with Crippen molar-refractivity contribution < 1.29 is 24.2 Å². The molecule has 0 aliphatic carbocycles. The normalized spacial score (nSPS) is 12.0. The number of ether oxygens (including phenoxy) is 2. The minimum Gasteiger partial charge on any atom is -0.462 e. The van der Waals surface area contributed by atoms with Gasteiger partial charge in [0.15, 0.2) is 6.10 Å². The summed E-state index contributed by atoms with van der Waals surface area (Å²) in [5.41, 5.74) is 0. The Morgan fingerprint density at radius 3 is 0.880 bits per heavy atom. The Hall–Kier alpha value is -1.10. The van der Waals surface area contributed by atoms with Crippen LogP contribution < -0.4 is 0 Å². The van der Waals surface area contributed by atoms with Gasteiger partial charge >= 0.3 is 11.9 Å². The van der Waals surface area contributed by atoms with Crippen LogP contribution in [-0.4, -0.2) is 36.4 Å². The molecule has 0 spiro atoms. The number of aliphatic hydroxyl groups excluding tert-OH is 1. The second-order valence-electron chi connectivity index (χ2n) is 15.5. The number of rotatable bonds is 42. The lowest BCUT2D eigenvalue weighted by Gasteiger charge is -2.15. The lowest BCUT2D eigenvalue weighted by atomic mass is 10.0. The molecule has 0 fully saturated rings. The molecule has 1 atom stereocenters. The van der Waals surface area contributed by atoms with Crippen molar-refractivity contribution in [3.05, 3.63) is 0 Å². The minimum absolute atomic E-state index is 0.0563. The topological polar surface area (TPSA) is 72.8 Å². The molecule has 0 amide bonds.